The summed E-state index contributed by atoms with van der Waals surface area (Å²) in [6, 6.07) is 0. The molecule has 0 unspecified atom stereocenters. The number of halogens is 1. The molecule has 0 aliphatic rings. The topological polar surface area (TPSA) is 0 Å². The van der Waals surface area contributed by atoms with Crippen LogP contribution in [-0.4, -0.2) is 7.42 Å². The van der Waals surface area contributed by atoms with Crippen molar-refractivity contribution in [2.24, 2.45) is 0 Å². The van der Waals surface area contributed by atoms with Crippen molar-refractivity contribution >= 4 is 22.7 Å². The number of rotatable bonds is 0. The molecule has 0 aliphatic heterocycles. The molecule has 0 amide bonds. The molecule has 0 bridgehead atoms. The molecule has 0 N–H and O–H groups in total. The summed E-state index contributed by atoms with van der Waals surface area (Å²) in [7, 11) is -0.0671. The molecule has 0 aromatic heterocycles. The van der Waals surface area contributed by atoms with E-state index in [2.05, 4.69) is 28.4 Å². The van der Waals surface area contributed by atoms with Gasteiger partial charge in [0.1, 0.15) is 7.42 Å². The van der Waals surface area contributed by atoms with E-state index in [0.29, 0.717) is 0 Å². The van der Waals surface area contributed by atoms with Gasteiger partial charge in [0.05, 0.1) is 0 Å². The smallest absolute Gasteiger partial charge is 0.128 e. The number of hydrogen-bond acceptors (Lipinski definition) is 0. The summed E-state index contributed by atoms with van der Waals surface area (Å²) >= 11 is 3.37. The van der Waals surface area contributed by atoms with Gasteiger partial charge >= 0.3 is 0 Å². The standard InChI is InChI=1S/C2H6BrSi/c1-4(2)3/h1-2H3. The summed E-state index contributed by atoms with van der Waals surface area (Å²) in [6.45, 7) is 4.37. The Morgan fingerprint density at radius 3 is 1.50 bits per heavy atom. The van der Waals surface area contributed by atoms with Crippen molar-refractivity contribution in [3.05, 3.63) is 0 Å². The Bertz CT molecular complexity index is 10.8. The molecule has 0 spiro atoms. The van der Waals surface area contributed by atoms with Gasteiger partial charge in [0, 0.05) is 0 Å². The minimum atomic E-state index is -0.0671. The fourth-order valence-corrected chi connectivity index (χ4v) is 0. The van der Waals surface area contributed by atoms with Gasteiger partial charge in [-0.05, 0) is 0 Å². The first-order valence-corrected chi connectivity index (χ1v) is 5.95. The van der Waals surface area contributed by atoms with Gasteiger partial charge < -0.3 is 0 Å². The van der Waals surface area contributed by atoms with Crippen molar-refractivity contribution in [3.63, 3.8) is 0 Å². The van der Waals surface area contributed by atoms with Gasteiger partial charge in [-0.25, -0.2) is 0 Å². The largest absolute Gasteiger partial charge is 0.129 e. The highest BCUT2D eigenvalue weighted by atomic mass is 79.9. The first-order valence-electron chi connectivity index (χ1n) is 1.19. The molecular weight excluding hydrogens is 132 g/mol. The molecule has 4 heavy (non-hydrogen) atoms. The third-order valence-electron chi connectivity index (χ3n) is 0. The van der Waals surface area contributed by atoms with Gasteiger partial charge in [-0.2, -0.15) is 0 Å². The van der Waals surface area contributed by atoms with Crippen molar-refractivity contribution < 1.29 is 0 Å². The highest BCUT2D eigenvalue weighted by Gasteiger charge is 1.76. The average Bonchev–Trinajstić information content (AvgIpc) is 0.811. The average molecular weight is 138 g/mol. The number of hydrogen-bond donors (Lipinski definition) is 0. The maximum absolute atomic E-state index is 3.37. The lowest BCUT2D eigenvalue weighted by atomic mass is 11.9. The van der Waals surface area contributed by atoms with E-state index in [-0.39, 0.29) is 7.42 Å². The highest BCUT2D eigenvalue weighted by molar-refractivity contribution is 9.24. The fraction of sp³-hybridized carbons (Fsp3) is 1.00. The summed E-state index contributed by atoms with van der Waals surface area (Å²) in [6.07, 6.45) is 0. The summed E-state index contributed by atoms with van der Waals surface area (Å²) < 4.78 is 0. The Morgan fingerprint density at radius 2 is 1.50 bits per heavy atom. The normalized spacial score (nSPS) is 9.00. The van der Waals surface area contributed by atoms with Gasteiger partial charge in [-0.15, -0.1) is 15.3 Å². The highest BCUT2D eigenvalue weighted by Crippen LogP contribution is 1.85. The molecule has 0 aliphatic carbocycles. The van der Waals surface area contributed by atoms with Crippen LogP contribution in [0.3, 0.4) is 0 Å². The van der Waals surface area contributed by atoms with Crippen molar-refractivity contribution in [2.75, 3.05) is 0 Å². The van der Waals surface area contributed by atoms with Crippen molar-refractivity contribution in [1.82, 2.24) is 0 Å². The molecule has 0 saturated heterocycles. The Kier molecular flexibility index (Phi) is 2.31. The molecule has 1 radical (unpaired) electrons. The zero-order chi connectivity index (χ0) is 3.58. The zero-order valence-corrected chi connectivity index (χ0v) is 5.46. The molecule has 0 saturated carbocycles. The predicted octanol–water partition coefficient (Wildman–Crippen LogP) is 1.63. The SMILES string of the molecule is C[Si](C)Br. The van der Waals surface area contributed by atoms with E-state index in [9.17, 15) is 0 Å². The first-order chi connectivity index (χ1) is 1.73. The fourth-order valence-electron chi connectivity index (χ4n) is 0. The van der Waals surface area contributed by atoms with Gasteiger partial charge in [0.15, 0.2) is 0 Å². The van der Waals surface area contributed by atoms with Crippen LogP contribution in [-0.2, 0) is 0 Å². The van der Waals surface area contributed by atoms with Crippen LogP contribution in [0.4, 0.5) is 0 Å². The minimum Gasteiger partial charge on any atom is -0.129 e. The Balaban J connectivity index is 2.32. The van der Waals surface area contributed by atoms with Crippen LogP contribution in [0, 0.1) is 0 Å². The summed E-state index contributed by atoms with van der Waals surface area (Å²) in [5, 5.41) is 0. The van der Waals surface area contributed by atoms with E-state index in [1.807, 2.05) is 0 Å². The van der Waals surface area contributed by atoms with Gasteiger partial charge in [-0.3, -0.25) is 0 Å². The second-order valence-electron chi connectivity index (χ2n) is 0.878. The van der Waals surface area contributed by atoms with E-state index in [4.69, 9.17) is 0 Å². The van der Waals surface area contributed by atoms with Crippen LogP contribution in [0.1, 0.15) is 0 Å². The molecule has 0 aromatic rings. The molecule has 0 aromatic carbocycles. The first kappa shape index (κ1) is 4.70. The van der Waals surface area contributed by atoms with E-state index in [1.54, 1.807) is 0 Å². The van der Waals surface area contributed by atoms with Crippen molar-refractivity contribution in [3.8, 4) is 0 Å². The molecule has 0 heterocycles. The Hall–Kier alpha value is 0.697. The Labute approximate surface area is 36.4 Å². The predicted molar refractivity (Wildman–Crippen MR) is 26.4 cm³/mol. The minimum absolute atomic E-state index is 0.0671. The van der Waals surface area contributed by atoms with Crippen LogP contribution in [0.15, 0.2) is 0 Å². The molecule has 2 heteroatoms. The maximum Gasteiger partial charge on any atom is 0.128 e. The molecule has 25 valence electrons. The van der Waals surface area contributed by atoms with Gasteiger partial charge in [0.2, 0.25) is 0 Å². The quantitative estimate of drug-likeness (QED) is 0.352. The van der Waals surface area contributed by atoms with Crippen molar-refractivity contribution in [1.29, 1.82) is 0 Å². The lowest BCUT2D eigenvalue weighted by Gasteiger charge is -1.71. The summed E-state index contributed by atoms with van der Waals surface area (Å²) in [4.78, 5) is 0. The van der Waals surface area contributed by atoms with Gasteiger partial charge in [-0.1, -0.05) is 13.1 Å². The van der Waals surface area contributed by atoms with E-state index >= 15 is 0 Å². The summed E-state index contributed by atoms with van der Waals surface area (Å²) in [5.74, 6) is 0. The second kappa shape index (κ2) is 1.97. The van der Waals surface area contributed by atoms with Crippen molar-refractivity contribution in [2.45, 2.75) is 13.1 Å². The second-order valence-corrected chi connectivity index (χ2v) is 7.39. The lowest BCUT2D eigenvalue weighted by molar-refractivity contribution is 2.12. The Morgan fingerprint density at radius 1 is 1.50 bits per heavy atom. The van der Waals surface area contributed by atoms with Crippen LogP contribution in [0.5, 0.6) is 0 Å². The lowest BCUT2D eigenvalue weighted by Crippen LogP contribution is -1.77. The maximum atomic E-state index is 3.37. The monoisotopic (exact) mass is 137 g/mol. The molecular formula is C2H6BrSi. The van der Waals surface area contributed by atoms with Crippen LogP contribution in [0.2, 0.25) is 13.1 Å². The van der Waals surface area contributed by atoms with E-state index < -0.39 is 0 Å². The third-order valence-corrected chi connectivity index (χ3v) is 0. The molecule has 0 nitrogen and oxygen atoms in total. The molecule has 0 rings (SSSR count). The molecule has 0 atom stereocenters. The van der Waals surface area contributed by atoms with Crippen LogP contribution < -0.4 is 0 Å². The third kappa shape index (κ3) is 16.0. The van der Waals surface area contributed by atoms with E-state index in [0.717, 1.165) is 0 Å². The zero-order valence-electron chi connectivity index (χ0n) is 2.88. The van der Waals surface area contributed by atoms with E-state index in [1.165, 1.54) is 0 Å². The summed E-state index contributed by atoms with van der Waals surface area (Å²) in [5.41, 5.74) is 0. The van der Waals surface area contributed by atoms with Crippen LogP contribution >= 0.6 is 15.3 Å². The van der Waals surface area contributed by atoms with Crippen LogP contribution in [0.25, 0.3) is 0 Å². The molecule has 0 fully saturated rings. The van der Waals surface area contributed by atoms with Gasteiger partial charge in [0.25, 0.3) is 0 Å².